The number of aryl methyl sites for hydroxylation is 1. The second kappa shape index (κ2) is 10.8. The van der Waals surface area contributed by atoms with Crippen molar-refractivity contribution in [1.29, 1.82) is 0 Å². The van der Waals surface area contributed by atoms with Crippen LogP contribution in [0.25, 0.3) is 10.9 Å². The Balaban J connectivity index is 1.44. The molecule has 2 aromatic carbocycles. The number of aromatic nitrogens is 2. The summed E-state index contributed by atoms with van der Waals surface area (Å²) in [4.78, 5) is 14.4. The number of hydrogen-bond donors (Lipinski definition) is 2. The lowest BCUT2D eigenvalue weighted by Crippen LogP contribution is -2.49. The first-order valence-corrected chi connectivity index (χ1v) is 13.6. The summed E-state index contributed by atoms with van der Waals surface area (Å²) >= 11 is 0. The third-order valence-electron chi connectivity index (χ3n) is 6.66. The summed E-state index contributed by atoms with van der Waals surface area (Å²) in [5, 5.41) is 14.2. The van der Waals surface area contributed by atoms with E-state index in [2.05, 4.69) is 34.0 Å². The van der Waals surface area contributed by atoms with Crippen LogP contribution in [0.4, 0.5) is 0 Å². The monoisotopic (exact) mass is 510 g/mol. The molecular weight excluding hydrogens is 480 g/mol. The molecule has 0 radical (unpaired) electrons. The summed E-state index contributed by atoms with van der Waals surface area (Å²) in [5.74, 6) is 5.42. The molecule has 3 aromatic rings. The molecule has 4 rings (SSSR count). The van der Waals surface area contributed by atoms with E-state index in [1.807, 2.05) is 30.3 Å². The Hall–Kier alpha value is -3.23. The van der Waals surface area contributed by atoms with Crippen molar-refractivity contribution >= 4 is 26.6 Å². The van der Waals surface area contributed by atoms with E-state index in [0.29, 0.717) is 0 Å². The minimum Gasteiger partial charge on any atom is -0.379 e. The Morgan fingerprint density at radius 2 is 1.81 bits per heavy atom. The number of rotatable bonds is 7. The Labute approximate surface area is 210 Å². The number of nitrogens with one attached hydrogen (secondary N) is 1. The van der Waals surface area contributed by atoms with Gasteiger partial charge in [-0.15, -0.1) is 0 Å². The average Bonchev–Trinajstić information content (AvgIpc) is 3.28. The molecule has 9 nitrogen and oxygen atoms in total. The maximum Gasteiger partial charge on any atom is 0.264 e. The molecule has 0 unspecified atom stereocenters. The fraction of sp³-hybridized carbons (Fsp3) is 0.385. The lowest BCUT2D eigenvalue weighted by molar-refractivity contribution is -0.131. The lowest BCUT2D eigenvalue weighted by Gasteiger charge is -2.26. The van der Waals surface area contributed by atoms with E-state index in [9.17, 15) is 13.2 Å². The van der Waals surface area contributed by atoms with Gasteiger partial charge in [-0.1, -0.05) is 24.0 Å². The smallest absolute Gasteiger partial charge is 0.264 e. The summed E-state index contributed by atoms with van der Waals surface area (Å²) in [5.41, 5.74) is 5.28. The number of carbonyl (C=O) groups is 1. The van der Waals surface area contributed by atoms with Gasteiger partial charge in [0.05, 0.1) is 24.9 Å². The van der Waals surface area contributed by atoms with E-state index in [0.717, 1.165) is 61.1 Å². The first-order valence-electron chi connectivity index (χ1n) is 11.7. The Morgan fingerprint density at radius 1 is 1.14 bits per heavy atom. The Bertz CT molecular complexity index is 1400. The Morgan fingerprint density at radius 3 is 2.47 bits per heavy atom. The van der Waals surface area contributed by atoms with Gasteiger partial charge in [0, 0.05) is 48.9 Å². The molecule has 1 amide bonds. The van der Waals surface area contributed by atoms with Crippen molar-refractivity contribution in [2.45, 2.75) is 31.2 Å². The molecule has 190 valence electrons. The molecule has 10 heteroatoms. The van der Waals surface area contributed by atoms with Gasteiger partial charge >= 0.3 is 0 Å². The van der Waals surface area contributed by atoms with Gasteiger partial charge in [0.1, 0.15) is 0 Å². The Kier molecular flexibility index (Phi) is 7.76. The summed E-state index contributed by atoms with van der Waals surface area (Å²) in [6.07, 6.45) is 2.62. The SMILES string of the molecule is C[C@@](CCn1ncc2cc(C#Cc3ccc(CN4CCOCC4)cc3)ccc21)(C(=O)NO)S(C)(=O)=O. The maximum atomic E-state index is 12.2. The number of nitrogens with zero attached hydrogens (tertiary/aromatic N) is 3. The zero-order valence-electron chi connectivity index (χ0n) is 20.4. The highest BCUT2D eigenvalue weighted by Crippen LogP contribution is 2.24. The standard InChI is InChI=1S/C26H30N4O5S/c1-26(25(31)28-32,36(2,33)34)11-12-30-24-10-9-21(17-23(24)18-27-30)6-3-20-4-7-22(8-5-20)19-29-13-15-35-16-14-29/h4-5,7-10,17-18,32H,11-16,19H2,1-2H3,(H,28,31)/t26-/m1/s1. The first-order chi connectivity index (χ1) is 17.2. The summed E-state index contributed by atoms with van der Waals surface area (Å²) in [6, 6.07) is 14.0. The van der Waals surface area contributed by atoms with Crippen molar-refractivity contribution < 1.29 is 23.2 Å². The number of ether oxygens (including phenoxy) is 1. The second-order valence-electron chi connectivity index (χ2n) is 9.17. The van der Waals surface area contributed by atoms with Crippen LogP contribution in [0.1, 0.15) is 30.0 Å². The van der Waals surface area contributed by atoms with E-state index in [-0.39, 0.29) is 13.0 Å². The van der Waals surface area contributed by atoms with E-state index < -0.39 is 20.5 Å². The minimum atomic E-state index is -3.77. The number of amides is 1. The molecule has 0 aliphatic carbocycles. The maximum absolute atomic E-state index is 12.2. The zero-order valence-corrected chi connectivity index (χ0v) is 21.2. The van der Waals surface area contributed by atoms with Gasteiger partial charge in [-0.25, -0.2) is 13.9 Å². The van der Waals surface area contributed by atoms with Crippen LogP contribution in [-0.2, 0) is 32.5 Å². The van der Waals surface area contributed by atoms with Crippen LogP contribution in [0.15, 0.2) is 48.7 Å². The van der Waals surface area contributed by atoms with Gasteiger partial charge in [0.25, 0.3) is 5.91 Å². The van der Waals surface area contributed by atoms with Crippen LogP contribution in [0.3, 0.4) is 0 Å². The van der Waals surface area contributed by atoms with Crippen LogP contribution >= 0.6 is 0 Å². The number of hydrogen-bond acceptors (Lipinski definition) is 7. The zero-order chi connectivity index (χ0) is 25.8. The molecule has 1 aromatic heterocycles. The molecule has 2 heterocycles. The number of morpholine rings is 1. The van der Waals surface area contributed by atoms with Crippen molar-refractivity contribution in [3.05, 3.63) is 65.4 Å². The van der Waals surface area contributed by atoms with Crippen LogP contribution < -0.4 is 5.48 Å². The largest absolute Gasteiger partial charge is 0.379 e. The number of sulfone groups is 1. The van der Waals surface area contributed by atoms with Gasteiger partial charge in [-0.2, -0.15) is 5.10 Å². The molecule has 0 saturated carbocycles. The minimum absolute atomic E-state index is 0.0436. The van der Waals surface area contributed by atoms with Crippen LogP contribution in [0.2, 0.25) is 0 Å². The highest BCUT2D eigenvalue weighted by molar-refractivity contribution is 7.92. The number of carbonyl (C=O) groups excluding carboxylic acids is 1. The van der Waals surface area contributed by atoms with E-state index in [4.69, 9.17) is 9.94 Å². The molecule has 1 atom stereocenters. The predicted molar refractivity (Wildman–Crippen MR) is 136 cm³/mol. The van der Waals surface area contributed by atoms with Crippen LogP contribution in [0, 0.1) is 11.8 Å². The molecular formula is C26H30N4O5S. The molecule has 0 spiro atoms. The molecule has 1 saturated heterocycles. The molecule has 1 aliphatic rings. The van der Waals surface area contributed by atoms with E-state index >= 15 is 0 Å². The predicted octanol–water partition coefficient (Wildman–Crippen LogP) is 1.97. The van der Waals surface area contributed by atoms with Crippen molar-refractivity contribution in [2.75, 3.05) is 32.6 Å². The van der Waals surface area contributed by atoms with Crippen molar-refractivity contribution in [1.82, 2.24) is 20.2 Å². The summed E-state index contributed by atoms with van der Waals surface area (Å²) in [6.45, 7) is 5.86. The third kappa shape index (κ3) is 5.77. The number of hydroxylamine groups is 1. The van der Waals surface area contributed by atoms with Gasteiger partial charge in [-0.3, -0.25) is 19.6 Å². The van der Waals surface area contributed by atoms with Gasteiger partial charge < -0.3 is 4.74 Å². The third-order valence-corrected chi connectivity index (χ3v) is 8.68. The summed E-state index contributed by atoms with van der Waals surface area (Å²) < 4.78 is 29.7. The van der Waals surface area contributed by atoms with E-state index in [1.165, 1.54) is 18.0 Å². The number of benzene rings is 2. The topological polar surface area (TPSA) is 114 Å². The van der Waals surface area contributed by atoms with Gasteiger partial charge in [0.15, 0.2) is 14.6 Å². The van der Waals surface area contributed by atoms with E-state index in [1.54, 1.807) is 10.9 Å². The normalized spacial score (nSPS) is 16.2. The molecule has 1 fully saturated rings. The number of fused-ring (bicyclic) bond motifs is 1. The summed E-state index contributed by atoms with van der Waals surface area (Å²) in [7, 11) is -3.77. The molecule has 1 aliphatic heterocycles. The van der Waals surface area contributed by atoms with Crippen molar-refractivity contribution in [2.24, 2.45) is 0 Å². The van der Waals surface area contributed by atoms with Gasteiger partial charge in [0.2, 0.25) is 0 Å². The van der Waals surface area contributed by atoms with Crippen molar-refractivity contribution in [3.63, 3.8) is 0 Å². The highest BCUT2D eigenvalue weighted by atomic mass is 32.2. The van der Waals surface area contributed by atoms with Gasteiger partial charge in [-0.05, 0) is 49.2 Å². The highest BCUT2D eigenvalue weighted by Gasteiger charge is 2.43. The molecule has 36 heavy (non-hydrogen) atoms. The average molecular weight is 511 g/mol. The lowest BCUT2D eigenvalue weighted by atomic mass is 10.1. The molecule has 2 N–H and O–H groups in total. The van der Waals surface area contributed by atoms with Crippen molar-refractivity contribution in [3.8, 4) is 11.8 Å². The van der Waals surface area contributed by atoms with Crippen LogP contribution in [-0.4, -0.2) is 71.5 Å². The van der Waals surface area contributed by atoms with Crippen LogP contribution in [0.5, 0.6) is 0 Å². The fourth-order valence-electron chi connectivity index (χ4n) is 4.10. The first kappa shape index (κ1) is 25.9. The molecule has 0 bridgehead atoms. The quantitative estimate of drug-likeness (QED) is 0.284. The fourth-order valence-corrected chi connectivity index (χ4v) is 4.95. The second-order valence-corrected chi connectivity index (χ2v) is 11.6.